The zero-order valence-electron chi connectivity index (χ0n) is 8.12. The molecule has 0 aromatic heterocycles. The maximum absolute atomic E-state index is 10.9. The lowest BCUT2D eigenvalue weighted by Crippen LogP contribution is -2.41. The van der Waals surface area contributed by atoms with Crippen molar-refractivity contribution in [2.75, 3.05) is 25.4 Å². The van der Waals surface area contributed by atoms with Crippen molar-refractivity contribution in [2.24, 2.45) is 0 Å². The number of carbonyl (C=O) groups excluding carboxylic acids is 1. The summed E-state index contributed by atoms with van der Waals surface area (Å²) < 4.78 is 0. The molecular weight excluding hydrogens is 184 g/mol. The van der Waals surface area contributed by atoms with Crippen LogP contribution >= 0.6 is 12.6 Å². The van der Waals surface area contributed by atoms with E-state index in [0.717, 1.165) is 6.54 Å². The first kappa shape index (κ1) is 10.9. The van der Waals surface area contributed by atoms with E-state index >= 15 is 0 Å². The van der Waals surface area contributed by atoms with Crippen molar-refractivity contribution >= 4 is 18.5 Å². The van der Waals surface area contributed by atoms with Crippen molar-refractivity contribution in [3.05, 3.63) is 0 Å². The first-order valence-electron chi connectivity index (χ1n) is 4.85. The summed E-state index contributed by atoms with van der Waals surface area (Å²) in [5.74, 6) is 0.307. The number of hydrogen-bond donors (Lipinski definition) is 2. The highest BCUT2D eigenvalue weighted by Crippen LogP contribution is 2.10. The molecule has 0 spiro atoms. The average molecular weight is 202 g/mol. The summed E-state index contributed by atoms with van der Waals surface area (Å²) in [5, 5.41) is 2.85. The molecular formula is C9H18N2OS. The molecule has 0 aromatic rings. The van der Waals surface area contributed by atoms with Gasteiger partial charge in [0.25, 0.3) is 0 Å². The Kier molecular flexibility index (Phi) is 4.59. The molecule has 76 valence electrons. The second-order valence-electron chi connectivity index (χ2n) is 3.55. The van der Waals surface area contributed by atoms with E-state index < -0.39 is 0 Å². The normalized spacial score (nSPS) is 20.2. The first-order chi connectivity index (χ1) is 6.24. The Morgan fingerprint density at radius 1 is 1.54 bits per heavy atom. The summed E-state index contributed by atoms with van der Waals surface area (Å²) in [7, 11) is 0. The van der Waals surface area contributed by atoms with E-state index in [4.69, 9.17) is 0 Å². The Balaban J connectivity index is 2.16. The Morgan fingerprint density at radius 2 is 2.15 bits per heavy atom. The fraction of sp³-hybridized carbons (Fsp3) is 0.889. The topological polar surface area (TPSA) is 32.3 Å². The third-order valence-electron chi connectivity index (χ3n) is 2.50. The second kappa shape index (κ2) is 5.50. The quantitative estimate of drug-likeness (QED) is 0.651. The third-order valence-corrected chi connectivity index (χ3v) is 2.79. The van der Waals surface area contributed by atoms with Gasteiger partial charge in [-0.05, 0) is 32.9 Å². The minimum atomic E-state index is 0.0226. The van der Waals surface area contributed by atoms with Crippen molar-refractivity contribution in [1.29, 1.82) is 0 Å². The van der Waals surface area contributed by atoms with Gasteiger partial charge in [0.1, 0.15) is 0 Å². The Bertz CT molecular complexity index is 169. The molecule has 1 atom stereocenters. The van der Waals surface area contributed by atoms with Crippen molar-refractivity contribution in [2.45, 2.75) is 25.8 Å². The van der Waals surface area contributed by atoms with Crippen molar-refractivity contribution in [3.8, 4) is 0 Å². The molecule has 13 heavy (non-hydrogen) atoms. The lowest BCUT2D eigenvalue weighted by Gasteiger charge is -2.23. The molecule has 0 aliphatic carbocycles. The Labute approximate surface area is 85.3 Å². The van der Waals surface area contributed by atoms with Gasteiger partial charge >= 0.3 is 0 Å². The maximum Gasteiger partial charge on any atom is 0.229 e. The van der Waals surface area contributed by atoms with Gasteiger partial charge in [0.2, 0.25) is 5.91 Å². The number of hydrogen-bond acceptors (Lipinski definition) is 3. The standard InChI is InChI=1S/C9H18N2OS/c1-8(6-10-9(12)7-13)11-4-2-3-5-11/h8,13H,2-7H2,1H3,(H,10,12). The van der Waals surface area contributed by atoms with Crippen molar-refractivity contribution in [3.63, 3.8) is 0 Å². The highest BCUT2D eigenvalue weighted by molar-refractivity contribution is 7.81. The largest absolute Gasteiger partial charge is 0.354 e. The minimum Gasteiger partial charge on any atom is -0.354 e. The summed E-state index contributed by atoms with van der Waals surface area (Å²) in [6.07, 6.45) is 2.59. The van der Waals surface area contributed by atoms with E-state index in [0.29, 0.717) is 6.04 Å². The predicted octanol–water partition coefficient (Wildman–Crippen LogP) is 0.517. The Hall–Kier alpha value is -0.220. The molecule has 3 nitrogen and oxygen atoms in total. The number of amides is 1. The monoisotopic (exact) mass is 202 g/mol. The molecule has 1 N–H and O–H groups in total. The molecule has 1 fully saturated rings. The lowest BCUT2D eigenvalue weighted by molar-refractivity contribution is -0.118. The van der Waals surface area contributed by atoms with E-state index in [9.17, 15) is 4.79 Å². The number of nitrogens with one attached hydrogen (secondary N) is 1. The molecule has 1 heterocycles. The molecule has 0 bridgehead atoms. The van der Waals surface area contributed by atoms with Crippen LogP contribution in [0.5, 0.6) is 0 Å². The third kappa shape index (κ3) is 3.56. The van der Waals surface area contributed by atoms with Crippen LogP contribution < -0.4 is 5.32 Å². The fourth-order valence-corrected chi connectivity index (χ4v) is 1.74. The molecule has 1 saturated heterocycles. The summed E-state index contributed by atoms with van der Waals surface area (Å²) in [6.45, 7) is 5.26. The number of rotatable bonds is 4. The molecule has 4 heteroatoms. The van der Waals surface area contributed by atoms with Crippen LogP contribution in [0, 0.1) is 0 Å². The van der Waals surface area contributed by atoms with Crippen LogP contribution in [-0.4, -0.2) is 42.2 Å². The van der Waals surface area contributed by atoms with Gasteiger partial charge in [0.15, 0.2) is 0 Å². The van der Waals surface area contributed by atoms with Gasteiger partial charge in [0.05, 0.1) is 5.75 Å². The lowest BCUT2D eigenvalue weighted by atomic mass is 10.3. The number of likely N-dealkylation sites (tertiary alicyclic amines) is 1. The summed E-state index contributed by atoms with van der Waals surface area (Å²) in [5.41, 5.74) is 0. The molecule has 0 saturated carbocycles. The van der Waals surface area contributed by atoms with Crippen LogP contribution in [0.4, 0.5) is 0 Å². The molecule has 1 aliphatic rings. The molecule has 1 amide bonds. The summed E-state index contributed by atoms with van der Waals surface area (Å²) >= 11 is 3.90. The highest BCUT2D eigenvalue weighted by atomic mass is 32.1. The van der Waals surface area contributed by atoms with Gasteiger partial charge in [0, 0.05) is 12.6 Å². The van der Waals surface area contributed by atoms with Crippen LogP contribution in [0.1, 0.15) is 19.8 Å². The van der Waals surface area contributed by atoms with Crippen LogP contribution in [0.3, 0.4) is 0 Å². The number of nitrogens with zero attached hydrogens (tertiary/aromatic N) is 1. The molecule has 1 unspecified atom stereocenters. The van der Waals surface area contributed by atoms with E-state index in [-0.39, 0.29) is 11.7 Å². The van der Waals surface area contributed by atoms with Gasteiger partial charge in [-0.1, -0.05) is 0 Å². The summed E-state index contributed by atoms with van der Waals surface area (Å²) in [6, 6.07) is 0.464. The molecule has 0 radical (unpaired) electrons. The fourth-order valence-electron chi connectivity index (χ4n) is 1.63. The number of carbonyl (C=O) groups is 1. The van der Waals surface area contributed by atoms with Crippen LogP contribution in [0.25, 0.3) is 0 Å². The predicted molar refractivity (Wildman–Crippen MR) is 57.1 cm³/mol. The number of thiol groups is 1. The van der Waals surface area contributed by atoms with E-state index in [1.54, 1.807) is 0 Å². The van der Waals surface area contributed by atoms with E-state index in [1.807, 2.05) is 0 Å². The van der Waals surface area contributed by atoms with Gasteiger partial charge in [-0.15, -0.1) is 0 Å². The van der Waals surface area contributed by atoms with Crippen molar-refractivity contribution in [1.82, 2.24) is 10.2 Å². The van der Waals surface area contributed by atoms with Gasteiger partial charge in [-0.25, -0.2) is 0 Å². The highest BCUT2D eigenvalue weighted by Gasteiger charge is 2.17. The zero-order chi connectivity index (χ0) is 9.68. The zero-order valence-corrected chi connectivity index (χ0v) is 9.02. The smallest absolute Gasteiger partial charge is 0.229 e. The SMILES string of the molecule is CC(CNC(=O)CS)N1CCCC1. The van der Waals surface area contributed by atoms with E-state index in [2.05, 4.69) is 29.8 Å². The van der Waals surface area contributed by atoms with Crippen LogP contribution in [0.15, 0.2) is 0 Å². The Morgan fingerprint density at radius 3 is 2.69 bits per heavy atom. The average Bonchev–Trinajstić information content (AvgIpc) is 2.66. The van der Waals surface area contributed by atoms with Crippen molar-refractivity contribution < 1.29 is 4.79 Å². The second-order valence-corrected chi connectivity index (χ2v) is 3.87. The maximum atomic E-state index is 10.9. The van der Waals surface area contributed by atoms with Crippen LogP contribution in [0.2, 0.25) is 0 Å². The van der Waals surface area contributed by atoms with Gasteiger partial charge < -0.3 is 5.32 Å². The molecule has 1 aliphatic heterocycles. The van der Waals surface area contributed by atoms with Gasteiger partial charge in [-0.2, -0.15) is 12.6 Å². The molecule has 1 rings (SSSR count). The van der Waals surface area contributed by atoms with Crippen LogP contribution in [-0.2, 0) is 4.79 Å². The van der Waals surface area contributed by atoms with E-state index in [1.165, 1.54) is 25.9 Å². The first-order valence-corrected chi connectivity index (χ1v) is 5.49. The molecule has 0 aromatic carbocycles. The summed E-state index contributed by atoms with van der Waals surface area (Å²) in [4.78, 5) is 13.3. The van der Waals surface area contributed by atoms with Gasteiger partial charge in [-0.3, -0.25) is 9.69 Å². The minimum absolute atomic E-state index is 0.0226.